The number of nitrogens with zero attached hydrogens (tertiary/aromatic N) is 4. The van der Waals surface area contributed by atoms with Crippen molar-refractivity contribution >= 4 is 55.0 Å². The molecule has 16 heteroatoms. The second-order valence-electron chi connectivity index (χ2n) is 16.1. The second-order valence-corrected chi connectivity index (χ2v) is 22.6. The van der Waals surface area contributed by atoms with Crippen LogP contribution in [0.25, 0.3) is 11.2 Å². The fraction of sp³-hybridized carbons (Fsp3) is 0.326. The van der Waals surface area contributed by atoms with E-state index in [0.717, 1.165) is 10.4 Å². The summed E-state index contributed by atoms with van der Waals surface area (Å²) in [5.74, 6) is -0.574. The number of carbonyl (C=O) groups excluding carboxylic acids is 2. The molecule has 322 valence electrons. The first-order valence-corrected chi connectivity index (χ1v) is 24.2. The van der Waals surface area contributed by atoms with E-state index in [4.69, 9.17) is 27.7 Å². The highest BCUT2D eigenvalue weighted by Gasteiger charge is 2.68. The monoisotopic (exact) mass is 875 g/mol. The molecule has 0 saturated carbocycles. The Hall–Kier alpha value is -5.22. The van der Waals surface area contributed by atoms with Gasteiger partial charge in [0.25, 0.3) is 19.8 Å². The van der Waals surface area contributed by atoms with E-state index in [1.165, 1.54) is 12.7 Å². The van der Waals surface area contributed by atoms with Gasteiger partial charge in [-0.2, -0.15) is 0 Å². The highest BCUT2D eigenvalue weighted by molar-refractivity contribution is 7.55. The number of ketones is 1. The van der Waals surface area contributed by atoms with Crippen molar-refractivity contribution in [2.75, 3.05) is 25.1 Å². The number of hydrogen-bond acceptors (Lipinski definition) is 12. The lowest BCUT2D eigenvalue weighted by molar-refractivity contribution is -0.182. The normalized spacial score (nSPS) is 21.5. The van der Waals surface area contributed by atoms with Crippen LogP contribution in [0.3, 0.4) is 0 Å². The van der Waals surface area contributed by atoms with Gasteiger partial charge in [-0.3, -0.25) is 18.7 Å². The molecule has 8 rings (SSSR count). The lowest BCUT2D eigenvalue weighted by Crippen LogP contribution is -2.67. The van der Waals surface area contributed by atoms with E-state index in [1.54, 1.807) is 73.0 Å². The van der Waals surface area contributed by atoms with Crippen LogP contribution in [0.1, 0.15) is 68.0 Å². The smallest absolute Gasteiger partial charge is 0.390 e. The molecule has 1 N–H and O–H groups in total. The van der Waals surface area contributed by atoms with Crippen molar-refractivity contribution in [2.24, 2.45) is 0 Å². The molecule has 2 aromatic heterocycles. The van der Waals surface area contributed by atoms with E-state index in [1.807, 2.05) is 42.5 Å². The van der Waals surface area contributed by atoms with E-state index in [2.05, 4.69) is 65.3 Å². The summed E-state index contributed by atoms with van der Waals surface area (Å²) in [7, 11) is -7.51. The molecule has 0 aliphatic carbocycles. The number of fused-ring (bicyclic) bond motifs is 2. The van der Waals surface area contributed by atoms with Crippen LogP contribution in [0.2, 0.25) is 5.04 Å². The largest absolute Gasteiger partial charge is 0.405 e. The maximum absolute atomic E-state index is 15.1. The van der Waals surface area contributed by atoms with Crippen molar-refractivity contribution < 1.29 is 41.8 Å². The van der Waals surface area contributed by atoms with Gasteiger partial charge in [0.2, 0.25) is 0 Å². The fourth-order valence-electron chi connectivity index (χ4n) is 8.47. The van der Waals surface area contributed by atoms with E-state index in [-0.39, 0.29) is 42.4 Å². The number of rotatable bonds is 16. The number of nitrogens with one attached hydrogen (secondary N) is 1. The Morgan fingerprint density at radius 2 is 1.32 bits per heavy atom. The average molecular weight is 876 g/mol. The van der Waals surface area contributed by atoms with Crippen molar-refractivity contribution in [3.8, 4) is 0 Å². The molecule has 4 aromatic carbocycles. The number of benzene rings is 4. The van der Waals surface area contributed by atoms with Gasteiger partial charge < -0.3 is 33.0 Å². The summed E-state index contributed by atoms with van der Waals surface area (Å²) in [6, 6.07) is 37.9. The van der Waals surface area contributed by atoms with Crippen LogP contribution in [-0.2, 0) is 32.2 Å². The number of aromatic nitrogens is 4. The SMILES string of the molecule is CCOP(=O)(OCC)[C@]1(CC(=O)c2ccccc2)O[C@@H]2[C@H](O1)[C@@H](CO[Si](c1ccccc1)(c1ccccc1)C(C)(C)C)O[C@H]2n1cnc2c(NC(=O)c3ccccc3)ncnc21. The van der Waals surface area contributed by atoms with Gasteiger partial charge >= 0.3 is 7.60 Å². The Kier molecular flexibility index (Phi) is 12.5. The minimum Gasteiger partial charge on any atom is -0.405 e. The lowest BCUT2D eigenvalue weighted by atomic mass is 10.1. The van der Waals surface area contributed by atoms with Crippen molar-refractivity contribution in [3.05, 3.63) is 145 Å². The van der Waals surface area contributed by atoms with E-state index in [0.29, 0.717) is 22.3 Å². The lowest BCUT2D eigenvalue weighted by Gasteiger charge is -2.43. The molecular formula is C46H50N5O9PSi. The van der Waals surface area contributed by atoms with Gasteiger partial charge in [0.05, 0.1) is 32.6 Å². The van der Waals surface area contributed by atoms with Gasteiger partial charge in [0.1, 0.15) is 24.6 Å². The Bertz CT molecular complexity index is 2500. The van der Waals surface area contributed by atoms with Gasteiger partial charge in [-0.05, 0) is 41.4 Å². The predicted molar refractivity (Wildman–Crippen MR) is 236 cm³/mol. The molecule has 0 bridgehead atoms. The van der Waals surface area contributed by atoms with Crippen LogP contribution >= 0.6 is 7.60 Å². The number of ether oxygens (including phenoxy) is 3. The zero-order chi connectivity index (χ0) is 43.5. The highest BCUT2D eigenvalue weighted by Crippen LogP contribution is 2.67. The Labute approximate surface area is 361 Å². The van der Waals surface area contributed by atoms with Crippen molar-refractivity contribution in [2.45, 2.75) is 76.1 Å². The predicted octanol–water partition coefficient (Wildman–Crippen LogP) is 7.53. The third kappa shape index (κ3) is 7.99. The number of imidazole rings is 1. The average Bonchev–Trinajstić information content (AvgIpc) is 3.98. The first-order valence-electron chi connectivity index (χ1n) is 20.7. The van der Waals surface area contributed by atoms with Gasteiger partial charge in [-0.15, -0.1) is 0 Å². The summed E-state index contributed by atoms with van der Waals surface area (Å²) in [6.07, 6.45) is -1.50. The molecule has 5 atom stereocenters. The molecule has 2 aliphatic rings. The number of amides is 1. The zero-order valence-electron chi connectivity index (χ0n) is 35.2. The summed E-state index contributed by atoms with van der Waals surface area (Å²) in [5, 5.41) is 4.61. The van der Waals surface area contributed by atoms with Crippen LogP contribution in [0.5, 0.6) is 0 Å². The molecule has 1 amide bonds. The molecule has 62 heavy (non-hydrogen) atoms. The number of hydrogen-bond donors (Lipinski definition) is 1. The van der Waals surface area contributed by atoms with Crippen LogP contribution in [0.15, 0.2) is 134 Å². The molecule has 0 radical (unpaired) electrons. The summed E-state index contributed by atoms with van der Waals surface area (Å²) < 4.78 is 56.8. The summed E-state index contributed by atoms with van der Waals surface area (Å²) in [5.41, 5.74) is -0.755. The van der Waals surface area contributed by atoms with Crippen molar-refractivity contribution in [1.82, 2.24) is 19.5 Å². The maximum Gasteiger partial charge on any atom is 0.390 e. The van der Waals surface area contributed by atoms with Crippen LogP contribution in [-0.4, -0.2) is 83.2 Å². The van der Waals surface area contributed by atoms with Crippen LogP contribution in [0, 0.1) is 0 Å². The molecule has 2 saturated heterocycles. The molecule has 2 fully saturated rings. The topological polar surface area (TPSA) is 162 Å². The molecule has 0 unspecified atom stereocenters. The highest BCUT2D eigenvalue weighted by atomic mass is 31.2. The first-order chi connectivity index (χ1) is 29.9. The standard InChI is InChI=1S/C46H50N5O9PSi/c1-6-55-61(54,56-7-2)46(28-36(52)32-20-12-8-13-21-32)59-39-37(29-57-62(45(3,4)5,34-24-16-10-17-25-34)35-26-18-11-19-27-35)58-44(40(39)60-46)51-31-49-38-41(47-30-48-42(38)51)50-43(53)33-22-14-9-15-23-33/h8-27,30-31,37,39-40,44H,6-7,28-29H2,1-5H3,(H,47,48,50,53)/t37-,39-,40-,44-,46+/m1/s1. The third-order valence-corrected chi connectivity index (χ3v) is 18.6. The van der Waals surface area contributed by atoms with Crippen molar-refractivity contribution in [3.63, 3.8) is 0 Å². The molecule has 0 spiro atoms. The van der Waals surface area contributed by atoms with E-state index in [9.17, 15) is 9.59 Å². The molecule has 4 heterocycles. The molecular weight excluding hydrogens is 826 g/mol. The Balaban J connectivity index is 1.23. The maximum atomic E-state index is 15.1. The Morgan fingerprint density at radius 1 is 0.774 bits per heavy atom. The van der Waals surface area contributed by atoms with E-state index < -0.39 is 52.4 Å². The fourth-order valence-corrected chi connectivity index (χ4v) is 15.0. The van der Waals surface area contributed by atoms with Gasteiger partial charge in [-0.25, -0.2) is 15.0 Å². The van der Waals surface area contributed by atoms with Crippen LogP contribution in [0.4, 0.5) is 5.82 Å². The van der Waals surface area contributed by atoms with Crippen molar-refractivity contribution in [1.29, 1.82) is 0 Å². The molecule has 6 aromatic rings. The number of Topliss-reactive ketones (excluding diaryl/α,β-unsaturated/α-hetero) is 1. The molecule has 14 nitrogen and oxygen atoms in total. The van der Waals surface area contributed by atoms with Gasteiger partial charge in [-0.1, -0.05) is 130 Å². The first kappa shape index (κ1) is 43.4. The third-order valence-electron chi connectivity index (χ3n) is 11.2. The minimum absolute atomic E-state index is 0.0124. The van der Waals surface area contributed by atoms with Gasteiger partial charge in [0.15, 0.2) is 29.0 Å². The summed E-state index contributed by atoms with van der Waals surface area (Å²) in [4.78, 5) is 41.0. The number of carbonyl (C=O) groups is 2. The van der Waals surface area contributed by atoms with E-state index >= 15 is 4.57 Å². The summed E-state index contributed by atoms with van der Waals surface area (Å²) in [6.45, 7) is 9.91. The number of anilines is 1. The second kappa shape index (κ2) is 17.9. The molecule has 2 aliphatic heterocycles. The Morgan fingerprint density at radius 3 is 1.89 bits per heavy atom. The van der Waals surface area contributed by atoms with Gasteiger partial charge in [0, 0.05) is 11.1 Å². The quantitative estimate of drug-likeness (QED) is 0.0579. The summed E-state index contributed by atoms with van der Waals surface area (Å²) >= 11 is 0. The van der Waals surface area contributed by atoms with Crippen LogP contribution < -0.4 is 15.7 Å². The minimum atomic E-state index is -4.38. The zero-order valence-corrected chi connectivity index (χ0v) is 37.1.